The van der Waals surface area contributed by atoms with Gasteiger partial charge in [-0.2, -0.15) is 0 Å². The largest absolute Gasteiger partial charge is 0.466 e. The van der Waals surface area contributed by atoms with Crippen LogP contribution in [0.1, 0.15) is 39.2 Å². The van der Waals surface area contributed by atoms with E-state index in [2.05, 4.69) is 10.6 Å². The third kappa shape index (κ3) is 5.97. The van der Waals surface area contributed by atoms with Crippen LogP contribution < -0.4 is 10.6 Å². The molecule has 0 aliphatic carbocycles. The Morgan fingerprint density at radius 3 is 2.29 bits per heavy atom. The van der Waals surface area contributed by atoms with Crippen molar-refractivity contribution in [1.82, 2.24) is 10.2 Å². The third-order valence-corrected chi connectivity index (χ3v) is 4.96. The standard InChI is InChI=1S/C21H31N3O4/c1-5-28-20(26)16-10-12-24(13-11-16)19(25)18(14(2)3)23-21(27)22-17-8-6-15(4)7-9-17/h6-9,14,16,18H,5,10-13H2,1-4H3,(H2,22,23,27). The third-order valence-electron chi connectivity index (χ3n) is 4.96. The number of carbonyl (C=O) groups is 3. The van der Waals surface area contributed by atoms with Gasteiger partial charge in [0.15, 0.2) is 0 Å². The molecule has 1 atom stereocenters. The number of rotatable bonds is 6. The average Bonchev–Trinajstić information content (AvgIpc) is 2.67. The second-order valence-electron chi connectivity index (χ2n) is 7.54. The molecule has 1 unspecified atom stereocenters. The molecule has 0 spiro atoms. The first-order valence-corrected chi connectivity index (χ1v) is 9.91. The van der Waals surface area contributed by atoms with Crippen LogP contribution in [0.2, 0.25) is 0 Å². The van der Waals surface area contributed by atoms with E-state index in [1.54, 1.807) is 11.8 Å². The lowest BCUT2D eigenvalue weighted by Crippen LogP contribution is -2.54. The Morgan fingerprint density at radius 1 is 1.14 bits per heavy atom. The Morgan fingerprint density at radius 2 is 1.75 bits per heavy atom. The highest BCUT2D eigenvalue weighted by atomic mass is 16.5. The van der Waals surface area contributed by atoms with Crippen molar-refractivity contribution in [1.29, 1.82) is 0 Å². The maximum atomic E-state index is 12.9. The van der Waals surface area contributed by atoms with Crippen molar-refractivity contribution in [2.45, 2.75) is 46.6 Å². The van der Waals surface area contributed by atoms with Crippen LogP contribution in [0.15, 0.2) is 24.3 Å². The minimum atomic E-state index is -0.621. The molecular formula is C21H31N3O4. The second-order valence-corrected chi connectivity index (χ2v) is 7.54. The second kappa shape index (κ2) is 10.1. The molecule has 3 amide bonds. The Bertz CT molecular complexity index is 679. The fraction of sp³-hybridized carbons (Fsp3) is 0.571. The molecule has 0 aromatic heterocycles. The number of likely N-dealkylation sites (tertiary alicyclic amines) is 1. The summed E-state index contributed by atoms with van der Waals surface area (Å²) < 4.78 is 5.07. The summed E-state index contributed by atoms with van der Waals surface area (Å²) >= 11 is 0. The first-order valence-electron chi connectivity index (χ1n) is 9.91. The van der Waals surface area contributed by atoms with Crippen molar-refractivity contribution in [2.24, 2.45) is 11.8 Å². The number of hydrogen-bond donors (Lipinski definition) is 2. The van der Waals surface area contributed by atoms with Crippen LogP contribution in [0.5, 0.6) is 0 Å². The summed E-state index contributed by atoms with van der Waals surface area (Å²) in [6.07, 6.45) is 1.18. The zero-order chi connectivity index (χ0) is 20.7. The van der Waals surface area contributed by atoms with Crippen molar-refractivity contribution in [3.8, 4) is 0 Å². The van der Waals surface area contributed by atoms with Crippen molar-refractivity contribution in [3.63, 3.8) is 0 Å². The number of urea groups is 1. The lowest BCUT2D eigenvalue weighted by atomic mass is 9.95. The summed E-state index contributed by atoms with van der Waals surface area (Å²) in [6.45, 7) is 8.92. The molecule has 2 rings (SSSR count). The molecule has 1 aliphatic rings. The van der Waals surface area contributed by atoms with Crippen LogP contribution in [-0.2, 0) is 14.3 Å². The molecule has 1 aromatic carbocycles. The number of benzene rings is 1. The van der Waals surface area contributed by atoms with E-state index in [4.69, 9.17) is 4.74 Å². The molecule has 0 saturated carbocycles. The quantitative estimate of drug-likeness (QED) is 0.732. The molecule has 1 aromatic rings. The first-order chi connectivity index (χ1) is 13.3. The van der Waals surface area contributed by atoms with Gasteiger partial charge in [0.25, 0.3) is 0 Å². The van der Waals surface area contributed by atoms with E-state index in [9.17, 15) is 14.4 Å². The van der Waals surface area contributed by atoms with Crippen LogP contribution in [-0.4, -0.2) is 48.5 Å². The fourth-order valence-corrected chi connectivity index (χ4v) is 3.25. The predicted molar refractivity (Wildman–Crippen MR) is 108 cm³/mol. The van der Waals surface area contributed by atoms with Gasteiger partial charge in [-0.15, -0.1) is 0 Å². The first kappa shape index (κ1) is 21.7. The number of nitrogens with one attached hydrogen (secondary N) is 2. The van der Waals surface area contributed by atoms with Gasteiger partial charge in [0.05, 0.1) is 12.5 Å². The van der Waals surface area contributed by atoms with Gasteiger partial charge >= 0.3 is 12.0 Å². The number of piperidine rings is 1. The number of nitrogens with zero attached hydrogens (tertiary/aromatic N) is 1. The lowest BCUT2D eigenvalue weighted by molar-refractivity contribution is -0.151. The minimum absolute atomic E-state index is 0.0564. The molecule has 2 N–H and O–H groups in total. The molecule has 7 nitrogen and oxygen atoms in total. The number of aryl methyl sites for hydroxylation is 1. The monoisotopic (exact) mass is 389 g/mol. The molecule has 7 heteroatoms. The summed E-state index contributed by atoms with van der Waals surface area (Å²) in [7, 11) is 0. The summed E-state index contributed by atoms with van der Waals surface area (Å²) in [6, 6.07) is 6.44. The summed E-state index contributed by atoms with van der Waals surface area (Å²) in [5.41, 5.74) is 1.78. The number of ether oxygens (including phenoxy) is 1. The molecule has 28 heavy (non-hydrogen) atoms. The highest BCUT2D eigenvalue weighted by molar-refractivity contribution is 5.94. The van der Waals surface area contributed by atoms with E-state index in [1.165, 1.54) is 0 Å². The summed E-state index contributed by atoms with van der Waals surface area (Å²) in [5, 5.41) is 5.56. The molecule has 0 radical (unpaired) electrons. The number of hydrogen-bond acceptors (Lipinski definition) is 4. The van der Waals surface area contributed by atoms with Crippen LogP contribution in [0.4, 0.5) is 10.5 Å². The zero-order valence-corrected chi connectivity index (χ0v) is 17.2. The number of amides is 3. The van der Waals surface area contributed by atoms with Crippen LogP contribution in [0.3, 0.4) is 0 Å². The highest BCUT2D eigenvalue weighted by Crippen LogP contribution is 2.20. The van der Waals surface area contributed by atoms with E-state index in [0.717, 1.165) is 5.56 Å². The number of esters is 1. The number of carbonyl (C=O) groups excluding carboxylic acids is 3. The Hall–Kier alpha value is -2.57. The average molecular weight is 389 g/mol. The van der Waals surface area contributed by atoms with E-state index in [0.29, 0.717) is 38.2 Å². The minimum Gasteiger partial charge on any atom is -0.466 e. The zero-order valence-electron chi connectivity index (χ0n) is 17.2. The smallest absolute Gasteiger partial charge is 0.319 e. The van der Waals surface area contributed by atoms with Gasteiger partial charge in [0.1, 0.15) is 6.04 Å². The summed E-state index contributed by atoms with van der Waals surface area (Å²) in [5.74, 6) is -0.514. The SMILES string of the molecule is CCOC(=O)C1CCN(C(=O)C(NC(=O)Nc2ccc(C)cc2)C(C)C)CC1. The van der Waals surface area contributed by atoms with Crippen LogP contribution in [0, 0.1) is 18.8 Å². The maximum absolute atomic E-state index is 12.9. The van der Waals surface area contributed by atoms with Gasteiger partial charge in [-0.25, -0.2) is 4.79 Å². The molecular weight excluding hydrogens is 358 g/mol. The maximum Gasteiger partial charge on any atom is 0.319 e. The van der Waals surface area contributed by atoms with Crippen LogP contribution >= 0.6 is 0 Å². The van der Waals surface area contributed by atoms with Gasteiger partial charge in [-0.3, -0.25) is 9.59 Å². The van der Waals surface area contributed by atoms with Crippen molar-refractivity contribution in [3.05, 3.63) is 29.8 Å². The molecule has 1 fully saturated rings. The molecule has 1 saturated heterocycles. The Labute approximate surface area is 166 Å². The van der Waals surface area contributed by atoms with Gasteiger partial charge < -0.3 is 20.3 Å². The summed E-state index contributed by atoms with van der Waals surface area (Å²) in [4.78, 5) is 38.9. The molecule has 1 heterocycles. The highest BCUT2D eigenvalue weighted by Gasteiger charge is 2.33. The van der Waals surface area contributed by atoms with Gasteiger partial charge in [0.2, 0.25) is 5.91 Å². The Kier molecular flexibility index (Phi) is 7.84. The van der Waals surface area contributed by atoms with E-state index < -0.39 is 12.1 Å². The van der Waals surface area contributed by atoms with Gasteiger partial charge in [-0.1, -0.05) is 31.5 Å². The topological polar surface area (TPSA) is 87.7 Å². The molecule has 0 bridgehead atoms. The van der Waals surface area contributed by atoms with Crippen molar-refractivity contribution in [2.75, 3.05) is 25.0 Å². The number of anilines is 1. The normalized spacial score (nSPS) is 15.8. The van der Waals surface area contributed by atoms with Crippen molar-refractivity contribution >= 4 is 23.6 Å². The van der Waals surface area contributed by atoms with E-state index >= 15 is 0 Å². The molecule has 1 aliphatic heterocycles. The van der Waals surface area contributed by atoms with E-state index in [-0.39, 0.29) is 23.7 Å². The predicted octanol–water partition coefficient (Wildman–Crippen LogP) is 2.94. The van der Waals surface area contributed by atoms with Crippen LogP contribution in [0.25, 0.3) is 0 Å². The Balaban J connectivity index is 1.92. The van der Waals surface area contributed by atoms with Gasteiger partial charge in [0, 0.05) is 18.8 Å². The van der Waals surface area contributed by atoms with Gasteiger partial charge in [-0.05, 0) is 44.7 Å². The van der Waals surface area contributed by atoms with Crippen molar-refractivity contribution < 1.29 is 19.1 Å². The van der Waals surface area contributed by atoms with E-state index in [1.807, 2.05) is 45.0 Å². The molecule has 154 valence electrons. The lowest BCUT2D eigenvalue weighted by Gasteiger charge is -2.34. The fourth-order valence-electron chi connectivity index (χ4n) is 3.25.